The fraction of sp³-hybridized carbons (Fsp3) is 0.667. The maximum absolute atomic E-state index is 12.6. The van der Waals surface area contributed by atoms with Crippen LogP contribution in [0.5, 0.6) is 5.75 Å². The lowest BCUT2D eigenvalue weighted by Gasteiger charge is -2.33. The Morgan fingerprint density at radius 3 is 2.84 bits per heavy atom. The van der Waals surface area contributed by atoms with E-state index in [0.29, 0.717) is 12.6 Å². The Balaban J connectivity index is 1.79. The molecule has 3 rings (SSSR count). The molecule has 0 bridgehead atoms. The summed E-state index contributed by atoms with van der Waals surface area (Å²) in [6, 6.07) is 8.72. The van der Waals surface area contributed by atoms with Crippen molar-refractivity contribution in [2.45, 2.75) is 64.5 Å². The van der Waals surface area contributed by atoms with E-state index >= 15 is 0 Å². The van der Waals surface area contributed by atoms with Crippen LogP contribution in [0.25, 0.3) is 0 Å². The van der Waals surface area contributed by atoms with E-state index in [1.165, 1.54) is 24.8 Å². The predicted molar refractivity (Wildman–Crippen MR) is 101 cm³/mol. The molecule has 2 atom stereocenters. The molecule has 4 heteroatoms. The van der Waals surface area contributed by atoms with Gasteiger partial charge in [0, 0.05) is 24.7 Å². The summed E-state index contributed by atoms with van der Waals surface area (Å²) >= 11 is 0. The van der Waals surface area contributed by atoms with Crippen molar-refractivity contribution >= 4 is 5.91 Å². The van der Waals surface area contributed by atoms with E-state index in [2.05, 4.69) is 28.4 Å². The summed E-state index contributed by atoms with van der Waals surface area (Å²) in [7, 11) is 0. The number of rotatable bonds is 4. The number of benzene rings is 1. The van der Waals surface area contributed by atoms with Gasteiger partial charge in [-0.3, -0.25) is 9.69 Å². The summed E-state index contributed by atoms with van der Waals surface area (Å²) in [4.78, 5) is 15.2. The van der Waals surface area contributed by atoms with Crippen molar-refractivity contribution in [2.75, 3.05) is 19.7 Å². The van der Waals surface area contributed by atoms with Crippen molar-refractivity contribution in [1.82, 2.24) is 10.2 Å². The zero-order valence-electron chi connectivity index (χ0n) is 15.5. The van der Waals surface area contributed by atoms with E-state index < -0.39 is 0 Å². The molecule has 1 amide bonds. The summed E-state index contributed by atoms with van der Waals surface area (Å²) in [6.07, 6.45) is 8.10. The molecule has 1 saturated carbocycles. The van der Waals surface area contributed by atoms with Gasteiger partial charge in [0.05, 0.1) is 12.5 Å². The molecular formula is C21H32N2O2. The van der Waals surface area contributed by atoms with Gasteiger partial charge in [0.15, 0.2) is 0 Å². The normalized spacial score (nSPS) is 25.7. The van der Waals surface area contributed by atoms with Crippen LogP contribution in [0.3, 0.4) is 0 Å². The fourth-order valence-electron chi connectivity index (χ4n) is 4.33. The third-order valence-electron chi connectivity index (χ3n) is 5.60. The molecule has 1 aliphatic heterocycles. The molecule has 1 aliphatic carbocycles. The SMILES string of the molecule is CCOc1ccccc1CN1CCCCCCNC(=O)C2CCCC21. The van der Waals surface area contributed by atoms with Crippen molar-refractivity contribution in [3.63, 3.8) is 0 Å². The molecule has 2 aliphatic rings. The van der Waals surface area contributed by atoms with Gasteiger partial charge in [-0.2, -0.15) is 0 Å². The summed E-state index contributed by atoms with van der Waals surface area (Å²) in [6.45, 7) is 5.52. The van der Waals surface area contributed by atoms with Gasteiger partial charge >= 0.3 is 0 Å². The monoisotopic (exact) mass is 344 g/mol. The topological polar surface area (TPSA) is 41.6 Å². The highest BCUT2D eigenvalue weighted by molar-refractivity contribution is 5.79. The molecule has 138 valence electrons. The van der Waals surface area contributed by atoms with Gasteiger partial charge in [0.25, 0.3) is 0 Å². The number of hydrogen-bond donors (Lipinski definition) is 1. The molecule has 0 radical (unpaired) electrons. The Morgan fingerprint density at radius 1 is 1.12 bits per heavy atom. The zero-order chi connectivity index (χ0) is 17.5. The quantitative estimate of drug-likeness (QED) is 0.904. The molecule has 25 heavy (non-hydrogen) atoms. The van der Waals surface area contributed by atoms with Gasteiger partial charge in [-0.15, -0.1) is 0 Å². The number of carbonyl (C=O) groups is 1. The molecule has 0 aromatic heterocycles. The van der Waals surface area contributed by atoms with Crippen LogP contribution in [0.2, 0.25) is 0 Å². The fourth-order valence-corrected chi connectivity index (χ4v) is 4.33. The smallest absolute Gasteiger partial charge is 0.224 e. The highest BCUT2D eigenvalue weighted by Crippen LogP contribution is 2.33. The van der Waals surface area contributed by atoms with Gasteiger partial charge in [-0.1, -0.05) is 37.5 Å². The maximum Gasteiger partial charge on any atom is 0.224 e. The van der Waals surface area contributed by atoms with Crippen molar-refractivity contribution in [3.05, 3.63) is 29.8 Å². The standard InChI is InChI=1S/C21H32N2O2/c1-2-25-20-13-6-5-10-17(20)16-23-15-8-4-3-7-14-22-21(24)18-11-9-12-19(18)23/h5-6,10,13,18-19H,2-4,7-9,11-12,14-16H2,1H3,(H,22,24). The van der Waals surface area contributed by atoms with Crippen LogP contribution in [0.15, 0.2) is 24.3 Å². The first-order chi connectivity index (χ1) is 12.3. The van der Waals surface area contributed by atoms with E-state index in [1.807, 2.05) is 13.0 Å². The lowest BCUT2D eigenvalue weighted by Crippen LogP contribution is -2.44. The number of nitrogens with zero attached hydrogens (tertiary/aromatic N) is 1. The Labute approximate surface area is 151 Å². The van der Waals surface area contributed by atoms with Gasteiger partial charge in [-0.25, -0.2) is 0 Å². The highest BCUT2D eigenvalue weighted by Gasteiger charge is 2.36. The van der Waals surface area contributed by atoms with Crippen LogP contribution in [-0.4, -0.2) is 36.5 Å². The maximum atomic E-state index is 12.6. The van der Waals surface area contributed by atoms with Crippen molar-refractivity contribution in [2.24, 2.45) is 5.92 Å². The average molecular weight is 344 g/mol. The number of amides is 1. The summed E-state index contributed by atoms with van der Waals surface area (Å²) < 4.78 is 5.83. The molecule has 1 N–H and O–H groups in total. The molecule has 1 saturated heterocycles. The first-order valence-electron chi connectivity index (χ1n) is 10.0. The van der Waals surface area contributed by atoms with Gasteiger partial charge < -0.3 is 10.1 Å². The lowest BCUT2D eigenvalue weighted by molar-refractivity contribution is -0.126. The number of carbonyl (C=O) groups excluding carboxylic acids is 1. The third-order valence-corrected chi connectivity index (χ3v) is 5.60. The van der Waals surface area contributed by atoms with E-state index in [1.54, 1.807) is 0 Å². The number of fused-ring (bicyclic) bond motifs is 1. The number of nitrogens with one attached hydrogen (secondary N) is 1. The molecule has 2 fully saturated rings. The second-order valence-corrected chi connectivity index (χ2v) is 7.32. The third kappa shape index (κ3) is 4.75. The zero-order valence-corrected chi connectivity index (χ0v) is 15.5. The predicted octanol–water partition coefficient (Wildman–Crippen LogP) is 3.75. The Morgan fingerprint density at radius 2 is 1.96 bits per heavy atom. The molecule has 1 aromatic carbocycles. The van der Waals surface area contributed by atoms with Crippen LogP contribution < -0.4 is 10.1 Å². The van der Waals surface area contributed by atoms with Crippen molar-refractivity contribution in [1.29, 1.82) is 0 Å². The highest BCUT2D eigenvalue weighted by atomic mass is 16.5. The van der Waals surface area contributed by atoms with Crippen LogP contribution in [0.1, 0.15) is 57.4 Å². The second kappa shape index (κ2) is 9.23. The van der Waals surface area contributed by atoms with Gasteiger partial charge in [0.1, 0.15) is 5.75 Å². The minimum absolute atomic E-state index is 0.150. The minimum atomic E-state index is 0.150. The Kier molecular flexibility index (Phi) is 6.74. The molecule has 1 heterocycles. The Hall–Kier alpha value is -1.55. The van der Waals surface area contributed by atoms with Crippen LogP contribution in [0.4, 0.5) is 0 Å². The molecule has 4 nitrogen and oxygen atoms in total. The van der Waals surface area contributed by atoms with Gasteiger partial charge in [-0.05, 0) is 45.2 Å². The van der Waals surface area contributed by atoms with E-state index in [9.17, 15) is 4.79 Å². The second-order valence-electron chi connectivity index (χ2n) is 7.32. The molecular weight excluding hydrogens is 312 g/mol. The van der Waals surface area contributed by atoms with Crippen molar-refractivity contribution < 1.29 is 9.53 Å². The van der Waals surface area contributed by atoms with Crippen LogP contribution in [0, 0.1) is 5.92 Å². The number of ether oxygens (including phenoxy) is 1. The molecule has 2 unspecified atom stereocenters. The van der Waals surface area contributed by atoms with E-state index in [4.69, 9.17) is 4.74 Å². The average Bonchev–Trinajstić information content (AvgIpc) is 3.10. The van der Waals surface area contributed by atoms with Crippen LogP contribution >= 0.6 is 0 Å². The molecule has 0 spiro atoms. The first kappa shape index (κ1) is 18.2. The summed E-state index contributed by atoms with van der Waals surface area (Å²) in [5.74, 6) is 1.41. The van der Waals surface area contributed by atoms with Crippen LogP contribution in [-0.2, 0) is 11.3 Å². The largest absolute Gasteiger partial charge is 0.494 e. The Bertz CT molecular complexity index is 561. The van der Waals surface area contributed by atoms with E-state index in [-0.39, 0.29) is 11.8 Å². The van der Waals surface area contributed by atoms with E-state index in [0.717, 1.165) is 51.1 Å². The lowest BCUT2D eigenvalue weighted by atomic mass is 9.99. The summed E-state index contributed by atoms with van der Waals surface area (Å²) in [5.41, 5.74) is 1.24. The van der Waals surface area contributed by atoms with Gasteiger partial charge in [0.2, 0.25) is 5.91 Å². The molecule has 1 aromatic rings. The number of hydrogen-bond acceptors (Lipinski definition) is 3. The minimum Gasteiger partial charge on any atom is -0.494 e. The summed E-state index contributed by atoms with van der Waals surface area (Å²) in [5, 5.41) is 3.18. The van der Waals surface area contributed by atoms with Crippen molar-refractivity contribution in [3.8, 4) is 5.75 Å². The number of para-hydroxylation sites is 1. The first-order valence-corrected chi connectivity index (χ1v) is 10.0.